The quantitative estimate of drug-likeness (QED) is 0.616. The van der Waals surface area contributed by atoms with Gasteiger partial charge >= 0.3 is 0 Å². The van der Waals surface area contributed by atoms with Crippen molar-refractivity contribution in [3.05, 3.63) is 59.7 Å². The van der Waals surface area contributed by atoms with Gasteiger partial charge in [-0.2, -0.15) is 0 Å². The van der Waals surface area contributed by atoms with E-state index in [1.165, 1.54) is 0 Å². The summed E-state index contributed by atoms with van der Waals surface area (Å²) in [6, 6.07) is 15.5. The largest absolute Gasteiger partial charge is 0.491 e. The summed E-state index contributed by atoms with van der Waals surface area (Å²) in [6.07, 6.45) is 0.764. The minimum atomic E-state index is -0.664. The molecule has 6 nitrogen and oxygen atoms in total. The Morgan fingerprint density at radius 3 is 2.52 bits per heavy atom. The van der Waals surface area contributed by atoms with Gasteiger partial charge in [-0.15, -0.1) is 0 Å². The molecule has 1 aliphatic rings. The highest BCUT2D eigenvalue weighted by atomic mass is 16.5. The van der Waals surface area contributed by atoms with Crippen molar-refractivity contribution in [1.82, 2.24) is 4.90 Å². The van der Waals surface area contributed by atoms with Gasteiger partial charge < -0.3 is 24.4 Å². The average molecular weight is 399 g/mol. The van der Waals surface area contributed by atoms with Crippen molar-refractivity contribution in [3.63, 3.8) is 0 Å². The number of anilines is 1. The minimum absolute atomic E-state index is 0.0231. The van der Waals surface area contributed by atoms with Crippen LogP contribution in [0.3, 0.4) is 0 Å². The molecule has 1 unspecified atom stereocenters. The SMILES string of the molecule is CCOCCOc1ccc(C2(C)Nc3ccccc3C(=O)N2CCCOC)cc1. The maximum atomic E-state index is 13.3. The summed E-state index contributed by atoms with van der Waals surface area (Å²) >= 11 is 0. The first-order chi connectivity index (χ1) is 14.1. The van der Waals surface area contributed by atoms with Crippen LogP contribution in [0.1, 0.15) is 36.2 Å². The third-order valence-electron chi connectivity index (χ3n) is 5.17. The van der Waals surface area contributed by atoms with Crippen LogP contribution in [0.4, 0.5) is 5.69 Å². The van der Waals surface area contributed by atoms with Crippen LogP contribution in [-0.4, -0.2) is 50.9 Å². The first-order valence-corrected chi connectivity index (χ1v) is 10.1. The van der Waals surface area contributed by atoms with E-state index >= 15 is 0 Å². The number of carbonyl (C=O) groups is 1. The number of hydrogen-bond acceptors (Lipinski definition) is 5. The molecule has 1 aliphatic heterocycles. The fourth-order valence-electron chi connectivity index (χ4n) is 3.62. The van der Waals surface area contributed by atoms with Crippen LogP contribution < -0.4 is 10.1 Å². The van der Waals surface area contributed by atoms with Crippen LogP contribution in [0.25, 0.3) is 0 Å². The molecule has 0 bridgehead atoms. The molecular weight excluding hydrogens is 368 g/mol. The van der Waals surface area contributed by atoms with Crippen molar-refractivity contribution in [2.75, 3.05) is 45.4 Å². The Balaban J connectivity index is 1.84. The molecule has 3 rings (SSSR count). The number of rotatable bonds is 10. The summed E-state index contributed by atoms with van der Waals surface area (Å²) in [4.78, 5) is 15.2. The lowest BCUT2D eigenvalue weighted by Gasteiger charge is -2.47. The number of hydrogen-bond donors (Lipinski definition) is 1. The standard InChI is InChI=1S/C23H30N2O4/c1-4-28-16-17-29-19-12-10-18(11-13-19)23(2)24-21-9-6-5-8-20(21)22(26)25(23)14-7-15-27-3/h5-6,8-13,24H,4,7,14-17H2,1-3H3. The maximum Gasteiger partial charge on any atom is 0.258 e. The topological polar surface area (TPSA) is 60.0 Å². The molecule has 2 aromatic carbocycles. The van der Waals surface area contributed by atoms with Crippen LogP contribution in [-0.2, 0) is 15.1 Å². The normalized spacial score (nSPS) is 18.3. The first-order valence-electron chi connectivity index (χ1n) is 10.1. The Kier molecular flexibility index (Phi) is 7.12. The summed E-state index contributed by atoms with van der Waals surface area (Å²) in [5, 5.41) is 3.58. The number of nitrogens with one attached hydrogen (secondary N) is 1. The number of benzene rings is 2. The van der Waals surface area contributed by atoms with E-state index in [0.717, 1.165) is 23.4 Å². The second kappa shape index (κ2) is 9.76. The first kappa shape index (κ1) is 21.1. The molecule has 29 heavy (non-hydrogen) atoms. The molecule has 1 amide bonds. The van der Waals surface area contributed by atoms with Gasteiger partial charge in [0.05, 0.1) is 12.2 Å². The zero-order chi connectivity index (χ0) is 20.7. The summed E-state index contributed by atoms with van der Waals surface area (Å²) < 4.78 is 16.2. The van der Waals surface area contributed by atoms with Gasteiger partial charge in [-0.1, -0.05) is 24.3 Å². The van der Waals surface area contributed by atoms with Crippen molar-refractivity contribution < 1.29 is 19.0 Å². The van der Waals surface area contributed by atoms with E-state index < -0.39 is 5.66 Å². The van der Waals surface area contributed by atoms with E-state index in [2.05, 4.69) is 5.32 Å². The van der Waals surface area contributed by atoms with E-state index in [9.17, 15) is 4.79 Å². The van der Waals surface area contributed by atoms with Gasteiger partial charge in [-0.3, -0.25) is 4.79 Å². The lowest BCUT2D eigenvalue weighted by atomic mass is 9.93. The molecule has 0 aliphatic carbocycles. The smallest absolute Gasteiger partial charge is 0.258 e. The van der Waals surface area contributed by atoms with E-state index in [1.54, 1.807) is 7.11 Å². The number of methoxy groups -OCH3 is 1. The Morgan fingerprint density at radius 2 is 1.79 bits per heavy atom. The second-order valence-electron chi connectivity index (χ2n) is 7.12. The summed E-state index contributed by atoms with van der Waals surface area (Å²) in [5.74, 6) is 0.806. The van der Waals surface area contributed by atoms with Crippen LogP contribution in [0.15, 0.2) is 48.5 Å². The molecule has 1 heterocycles. The molecule has 0 aromatic heterocycles. The second-order valence-corrected chi connectivity index (χ2v) is 7.12. The number of para-hydroxylation sites is 1. The van der Waals surface area contributed by atoms with Crippen LogP contribution in [0.5, 0.6) is 5.75 Å². The highest BCUT2D eigenvalue weighted by Crippen LogP contribution is 2.38. The molecule has 156 valence electrons. The monoisotopic (exact) mass is 398 g/mol. The van der Waals surface area contributed by atoms with E-state index in [-0.39, 0.29) is 5.91 Å². The van der Waals surface area contributed by atoms with Gasteiger partial charge in [-0.05, 0) is 50.1 Å². The Morgan fingerprint density at radius 1 is 1.03 bits per heavy atom. The zero-order valence-electron chi connectivity index (χ0n) is 17.4. The predicted molar refractivity (Wildman–Crippen MR) is 113 cm³/mol. The van der Waals surface area contributed by atoms with Gasteiger partial charge in [0.2, 0.25) is 0 Å². The predicted octanol–water partition coefficient (Wildman–Crippen LogP) is 3.88. The van der Waals surface area contributed by atoms with Gasteiger partial charge in [0.1, 0.15) is 18.0 Å². The van der Waals surface area contributed by atoms with Crippen molar-refractivity contribution >= 4 is 11.6 Å². The van der Waals surface area contributed by atoms with E-state index in [0.29, 0.717) is 38.5 Å². The molecule has 1 atom stereocenters. The van der Waals surface area contributed by atoms with E-state index in [4.69, 9.17) is 14.2 Å². The Hall–Kier alpha value is -2.57. The summed E-state index contributed by atoms with van der Waals surface area (Å²) in [5.41, 5.74) is 1.87. The number of fused-ring (bicyclic) bond motifs is 1. The molecular formula is C23H30N2O4. The van der Waals surface area contributed by atoms with Crippen molar-refractivity contribution in [2.24, 2.45) is 0 Å². The summed E-state index contributed by atoms with van der Waals surface area (Å²) in [7, 11) is 1.68. The van der Waals surface area contributed by atoms with Crippen molar-refractivity contribution in [2.45, 2.75) is 25.9 Å². The molecule has 6 heteroatoms. The van der Waals surface area contributed by atoms with E-state index in [1.807, 2.05) is 67.3 Å². The number of nitrogens with zero attached hydrogens (tertiary/aromatic N) is 1. The molecule has 0 saturated heterocycles. The lowest BCUT2D eigenvalue weighted by molar-refractivity contribution is 0.0504. The number of ether oxygens (including phenoxy) is 3. The van der Waals surface area contributed by atoms with Gasteiger partial charge in [0, 0.05) is 32.6 Å². The third kappa shape index (κ3) is 4.71. The van der Waals surface area contributed by atoms with Crippen LogP contribution in [0, 0.1) is 0 Å². The molecule has 0 fully saturated rings. The third-order valence-corrected chi connectivity index (χ3v) is 5.17. The average Bonchev–Trinajstić information content (AvgIpc) is 2.74. The fourth-order valence-corrected chi connectivity index (χ4v) is 3.62. The van der Waals surface area contributed by atoms with Gasteiger partial charge in [0.15, 0.2) is 0 Å². The van der Waals surface area contributed by atoms with Gasteiger partial charge in [-0.25, -0.2) is 0 Å². The number of carbonyl (C=O) groups excluding carboxylic acids is 1. The van der Waals surface area contributed by atoms with Crippen LogP contribution >= 0.6 is 0 Å². The molecule has 0 radical (unpaired) electrons. The number of amides is 1. The van der Waals surface area contributed by atoms with Crippen LogP contribution in [0.2, 0.25) is 0 Å². The van der Waals surface area contributed by atoms with Crippen molar-refractivity contribution in [1.29, 1.82) is 0 Å². The highest BCUT2D eigenvalue weighted by Gasteiger charge is 2.42. The molecule has 0 saturated carbocycles. The molecule has 1 N–H and O–H groups in total. The minimum Gasteiger partial charge on any atom is -0.491 e. The van der Waals surface area contributed by atoms with Crippen molar-refractivity contribution in [3.8, 4) is 5.75 Å². The molecule has 0 spiro atoms. The Bertz CT molecular complexity index is 809. The fraction of sp³-hybridized carbons (Fsp3) is 0.435. The zero-order valence-corrected chi connectivity index (χ0v) is 17.4. The Labute approximate surface area is 172 Å². The maximum absolute atomic E-state index is 13.3. The molecule has 2 aromatic rings. The lowest BCUT2D eigenvalue weighted by Crippen LogP contribution is -2.56. The highest BCUT2D eigenvalue weighted by molar-refractivity contribution is 6.02. The summed E-state index contributed by atoms with van der Waals surface area (Å²) in [6.45, 7) is 6.96. The van der Waals surface area contributed by atoms with Gasteiger partial charge in [0.25, 0.3) is 5.91 Å².